The highest BCUT2D eigenvalue weighted by atomic mass is 32.2. The predicted octanol–water partition coefficient (Wildman–Crippen LogP) is 5.11. The molecule has 8 heteroatoms. The summed E-state index contributed by atoms with van der Waals surface area (Å²) in [7, 11) is 0. The normalized spacial score (nSPS) is 20.5. The second kappa shape index (κ2) is 8.43. The molecule has 160 valence electrons. The average molecular weight is 454 g/mol. The summed E-state index contributed by atoms with van der Waals surface area (Å²) in [4.78, 5) is 28.0. The van der Waals surface area contributed by atoms with Gasteiger partial charge in [-0.2, -0.15) is 5.10 Å². The van der Waals surface area contributed by atoms with Crippen molar-refractivity contribution in [3.63, 3.8) is 0 Å². The summed E-state index contributed by atoms with van der Waals surface area (Å²) in [6, 6.07) is 17.7. The smallest absolute Gasteiger partial charge is 0.365 e. The van der Waals surface area contributed by atoms with Crippen molar-refractivity contribution in [1.29, 1.82) is 0 Å². The van der Waals surface area contributed by atoms with E-state index in [2.05, 4.69) is 4.90 Å². The van der Waals surface area contributed by atoms with E-state index in [0.717, 1.165) is 22.6 Å². The first-order valence-electron chi connectivity index (χ1n) is 9.95. The van der Waals surface area contributed by atoms with E-state index in [1.165, 1.54) is 23.5 Å². The van der Waals surface area contributed by atoms with Gasteiger partial charge >= 0.3 is 5.97 Å². The summed E-state index contributed by atoms with van der Waals surface area (Å²) in [6.45, 7) is 7.54. The van der Waals surface area contributed by atoms with E-state index in [0.29, 0.717) is 4.91 Å². The van der Waals surface area contributed by atoms with Crippen molar-refractivity contribution in [3.05, 3.63) is 70.8 Å². The second-order valence-corrected chi connectivity index (χ2v) is 9.72. The molecule has 4 rings (SSSR count). The first kappa shape index (κ1) is 21.5. The largest absolute Gasteiger partial charge is 0.461 e. The van der Waals surface area contributed by atoms with Gasteiger partial charge in [0, 0.05) is 11.4 Å². The lowest BCUT2D eigenvalue weighted by Crippen LogP contribution is -2.49. The van der Waals surface area contributed by atoms with Gasteiger partial charge in [0.15, 0.2) is 5.78 Å². The van der Waals surface area contributed by atoms with Gasteiger partial charge in [0.1, 0.15) is 0 Å². The summed E-state index contributed by atoms with van der Waals surface area (Å²) in [6.07, 6.45) is 0. The number of nitrogens with zero attached hydrogens (tertiary/aromatic N) is 3. The number of para-hydroxylation sites is 2. The number of Topliss-reactive ketones (excluding diaryl/α,β-unsaturated/α-hetero) is 1. The van der Waals surface area contributed by atoms with Crippen LogP contribution in [0.25, 0.3) is 0 Å². The number of carbonyl (C=O) groups excluding carboxylic acids is 2. The summed E-state index contributed by atoms with van der Waals surface area (Å²) in [5.41, 5.74) is 3.62. The number of hydrogen-bond acceptors (Lipinski definition) is 8. The molecule has 0 fully saturated rings. The van der Waals surface area contributed by atoms with Gasteiger partial charge in [0.2, 0.25) is 9.37 Å². The first-order chi connectivity index (χ1) is 14.9. The Morgan fingerprint density at radius 1 is 1.03 bits per heavy atom. The Labute approximate surface area is 190 Å². The van der Waals surface area contributed by atoms with E-state index < -0.39 is 10.3 Å². The van der Waals surface area contributed by atoms with Crippen molar-refractivity contribution < 1.29 is 14.3 Å². The lowest BCUT2D eigenvalue weighted by atomic mass is 10.2. The summed E-state index contributed by atoms with van der Waals surface area (Å²) < 4.78 is 4.36. The predicted molar refractivity (Wildman–Crippen MR) is 128 cm³/mol. The van der Waals surface area contributed by atoms with E-state index in [9.17, 15) is 9.59 Å². The molecule has 6 nitrogen and oxygen atoms in total. The molecule has 0 saturated carbocycles. The zero-order valence-corrected chi connectivity index (χ0v) is 19.4. The van der Waals surface area contributed by atoms with Crippen LogP contribution in [0.2, 0.25) is 0 Å². The Balaban J connectivity index is 1.91. The fraction of sp³-hybridized carbons (Fsp3) is 0.261. The van der Waals surface area contributed by atoms with E-state index in [1.807, 2.05) is 73.5 Å². The Bertz CT molecular complexity index is 1100. The van der Waals surface area contributed by atoms with E-state index in [1.54, 1.807) is 13.8 Å². The number of thioether (sulfide) groups is 2. The Morgan fingerprint density at radius 2 is 1.71 bits per heavy atom. The molecule has 0 amide bonds. The number of hydrogen-bond donors (Lipinski definition) is 0. The monoisotopic (exact) mass is 453 g/mol. The van der Waals surface area contributed by atoms with Crippen molar-refractivity contribution in [3.8, 4) is 0 Å². The van der Waals surface area contributed by atoms with E-state index in [-0.39, 0.29) is 17.4 Å². The first-order valence-corrected chi connectivity index (χ1v) is 11.6. The minimum Gasteiger partial charge on any atom is -0.461 e. The Morgan fingerprint density at radius 3 is 2.35 bits per heavy atom. The van der Waals surface area contributed by atoms with Crippen LogP contribution in [-0.4, -0.2) is 27.7 Å². The van der Waals surface area contributed by atoms with Crippen LogP contribution in [0.1, 0.15) is 26.3 Å². The van der Waals surface area contributed by atoms with Crippen molar-refractivity contribution >= 4 is 51.7 Å². The fourth-order valence-electron chi connectivity index (χ4n) is 3.66. The molecule has 1 spiro atoms. The van der Waals surface area contributed by atoms with Gasteiger partial charge < -0.3 is 9.64 Å². The van der Waals surface area contributed by atoms with Crippen LogP contribution < -0.4 is 9.91 Å². The summed E-state index contributed by atoms with van der Waals surface area (Å²) in [5, 5.41) is 6.82. The maximum Gasteiger partial charge on any atom is 0.365 e. The molecule has 31 heavy (non-hydrogen) atoms. The molecule has 0 saturated heterocycles. The minimum atomic E-state index is -0.902. The van der Waals surface area contributed by atoms with Crippen molar-refractivity contribution in [2.24, 2.45) is 5.10 Å². The molecule has 2 heterocycles. The quantitative estimate of drug-likeness (QED) is 0.583. The average Bonchev–Trinajstić information content (AvgIpc) is 3.27. The number of ketones is 1. The number of allylic oxidation sites excluding steroid dienone is 2. The minimum absolute atomic E-state index is 0.0183. The van der Waals surface area contributed by atoms with Crippen LogP contribution in [-0.2, 0) is 14.3 Å². The zero-order valence-electron chi connectivity index (χ0n) is 17.8. The molecule has 0 aromatic heterocycles. The van der Waals surface area contributed by atoms with Crippen molar-refractivity contribution in [2.75, 3.05) is 16.5 Å². The van der Waals surface area contributed by atoms with Gasteiger partial charge in [-0.3, -0.25) is 4.79 Å². The fourth-order valence-corrected chi connectivity index (χ4v) is 6.59. The SMILES string of the molecule is CCOC(=O)C1=NN(c2ccccc2C)[C@]2(S1)SC(C(C)=O)=C(C)N2c1ccccc1. The molecule has 2 aromatic rings. The van der Waals surface area contributed by atoms with Crippen molar-refractivity contribution in [2.45, 2.75) is 32.0 Å². The van der Waals surface area contributed by atoms with E-state index >= 15 is 0 Å². The van der Waals surface area contributed by atoms with Gasteiger partial charge in [-0.05, 0) is 63.2 Å². The number of benzene rings is 2. The van der Waals surface area contributed by atoms with Gasteiger partial charge in [0.25, 0.3) is 0 Å². The van der Waals surface area contributed by atoms with Gasteiger partial charge in [0.05, 0.1) is 17.2 Å². The highest BCUT2D eigenvalue weighted by Gasteiger charge is 2.58. The maximum absolute atomic E-state index is 12.7. The van der Waals surface area contributed by atoms with E-state index in [4.69, 9.17) is 9.84 Å². The molecular formula is C23H23N3O3S2. The molecule has 2 aliphatic rings. The Hall–Kier alpha value is -2.71. The Kier molecular flexibility index (Phi) is 5.85. The highest BCUT2D eigenvalue weighted by Crippen LogP contribution is 2.60. The van der Waals surface area contributed by atoms with Crippen LogP contribution in [0.3, 0.4) is 0 Å². The number of anilines is 2. The van der Waals surface area contributed by atoms with Gasteiger partial charge in [-0.25, -0.2) is 9.80 Å². The number of esters is 1. The highest BCUT2D eigenvalue weighted by molar-refractivity contribution is 8.29. The maximum atomic E-state index is 12.7. The number of carbonyl (C=O) groups is 2. The van der Waals surface area contributed by atoms with Crippen LogP contribution in [0.15, 0.2) is 70.3 Å². The van der Waals surface area contributed by atoms with Gasteiger partial charge in [-0.1, -0.05) is 48.2 Å². The molecule has 0 N–H and O–H groups in total. The molecule has 0 bridgehead atoms. The van der Waals surface area contributed by atoms with Crippen LogP contribution in [0.4, 0.5) is 11.4 Å². The number of hydrazone groups is 1. The molecule has 2 aliphatic heterocycles. The molecule has 0 aliphatic carbocycles. The number of rotatable bonds is 5. The third-order valence-electron chi connectivity index (χ3n) is 5.00. The lowest BCUT2D eigenvalue weighted by molar-refractivity contribution is -0.134. The molecule has 2 aromatic carbocycles. The van der Waals surface area contributed by atoms with Gasteiger partial charge in [-0.15, -0.1) is 0 Å². The molecule has 0 unspecified atom stereocenters. The lowest BCUT2D eigenvalue weighted by Gasteiger charge is -2.41. The molecule has 0 radical (unpaired) electrons. The topological polar surface area (TPSA) is 62.2 Å². The zero-order chi connectivity index (χ0) is 22.2. The summed E-state index contributed by atoms with van der Waals surface area (Å²) >= 11 is 2.72. The number of ether oxygens (including phenoxy) is 1. The third kappa shape index (κ3) is 3.64. The van der Waals surface area contributed by atoms with Crippen molar-refractivity contribution in [1.82, 2.24) is 0 Å². The molecule has 1 atom stereocenters. The van der Waals surface area contributed by atoms with Crippen LogP contribution >= 0.6 is 23.5 Å². The second-order valence-electron chi connectivity index (χ2n) is 7.12. The van der Waals surface area contributed by atoms with Crippen LogP contribution in [0, 0.1) is 6.92 Å². The van der Waals surface area contributed by atoms with Crippen LogP contribution in [0.5, 0.6) is 0 Å². The summed E-state index contributed by atoms with van der Waals surface area (Å²) in [5.74, 6) is -0.485. The number of aryl methyl sites for hydroxylation is 1. The standard InChI is InChI=1S/C23H23N3O3S2/c1-5-29-22(28)21-24-26(19-14-10-9-11-15(19)2)23(31-21)25(18-12-7-6-8-13-18)16(3)20(30-23)17(4)27/h6-14H,5H2,1-4H3/t23-/m0/s1. The molecular weight excluding hydrogens is 430 g/mol. The third-order valence-corrected chi connectivity index (χ3v) is 7.97.